The van der Waals surface area contributed by atoms with Gasteiger partial charge in [-0.25, -0.2) is 4.79 Å². The molecule has 1 N–H and O–H groups in total. The highest BCUT2D eigenvalue weighted by Gasteiger charge is 2.18. The molecule has 23 heavy (non-hydrogen) atoms. The highest BCUT2D eigenvalue weighted by atomic mass is 16.2. The Morgan fingerprint density at radius 3 is 2.78 bits per heavy atom. The van der Waals surface area contributed by atoms with Crippen molar-refractivity contribution >= 4 is 0 Å². The molecule has 0 bridgehead atoms. The molecule has 5 heteroatoms. The summed E-state index contributed by atoms with van der Waals surface area (Å²) in [6.45, 7) is 0.472. The van der Waals surface area contributed by atoms with Crippen molar-refractivity contribution in [1.82, 2.24) is 14.5 Å². The maximum atomic E-state index is 12.2. The summed E-state index contributed by atoms with van der Waals surface area (Å²) in [5.41, 5.74) is 2.85. The first kappa shape index (κ1) is 15.7. The molecule has 0 saturated carbocycles. The predicted molar refractivity (Wildman–Crippen MR) is 90.5 cm³/mol. The van der Waals surface area contributed by atoms with E-state index in [0.717, 1.165) is 17.4 Å². The highest BCUT2D eigenvalue weighted by Crippen LogP contribution is 2.28. The maximum Gasteiger partial charge on any atom is 0.330 e. The summed E-state index contributed by atoms with van der Waals surface area (Å²) in [5.74, 6) is 0. The molecule has 5 nitrogen and oxygen atoms in total. The average Bonchev–Trinajstić information content (AvgIpc) is 2.77. The molecular formula is C18H23N3O2. The van der Waals surface area contributed by atoms with E-state index in [1.807, 2.05) is 0 Å². The number of rotatable bonds is 3. The number of fused-ring (bicyclic) bond motifs is 1. The molecule has 1 atom stereocenters. The minimum absolute atomic E-state index is 0.220. The molecule has 1 aromatic carbocycles. The van der Waals surface area contributed by atoms with Gasteiger partial charge in [-0.2, -0.15) is 0 Å². The number of nitrogens with one attached hydrogen (secondary N) is 1. The second-order valence-electron chi connectivity index (χ2n) is 6.29. The van der Waals surface area contributed by atoms with Crippen molar-refractivity contribution in [1.29, 1.82) is 0 Å². The van der Waals surface area contributed by atoms with Gasteiger partial charge in [-0.15, -0.1) is 0 Å². The normalized spacial score (nSPS) is 17.6. The van der Waals surface area contributed by atoms with E-state index in [1.165, 1.54) is 35.6 Å². The molecule has 1 aromatic heterocycles. The summed E-state index contributed by atoms with van der Waals surface area (Å²) < 4.78 is 2.62. The minimum Gasteiger partial charge on any atom is -0.306 e. The standard InChI is InChI=1S/C18H23N3O2/c1-20-12-14(17(22)21(2)18(20)23)11-19-16-10-6-4-8-13-7-3-5-9-15(13)16/h3,5,7,9,12,16,19H,4,6,8,10-11H2,1-2H3. The zero-order chi connectivity index (χ0) is 16.4. The third-order valence-corrected chi connectivity index (χ3v) is 4.68. The Balaban J connectivity index is 1.84. The Hall–Kier alpha value is -2.14. The van der Waals surface area contributed by atoms with Crippen LogP contribution in [0.4, 0.5) is 0 Å². The van der Waals surface area contributed by atoms with Gasteiger partial charge in [0.2, 0.25) is 0 Å². The van der Waals surface area contributed by atoms with E-state index >= 15 is 0 Å². The Morgan fingerprint density at radius 2 is 1.96 bits per heavy atom. The SMILES string of the molecule is Cn1cc(CNC2CCCCc3ccccc32)c(=O)n(C)c1=O. The van der Waals surface area contributed by atoms with E-state index in [2.05, 4.69) is 29.6 Å². The zero-order valence-corrected chi connectivity index (χ0v) is 13.7. The van der Waals surface area contributed by atoms with Gasteiger partial charge in [-0.05, 0) is 30.4 Å². The Bertz CT molecular complexity index is 820. The van der Waals surface area contributed by atoms with Crippen LogP contribution in [-0.4, -0.2) is 9.13 Å². The van der Waals surface area contributed by atoms with Crippen LogP contribution in [0.2, 0.25) is 0 Å². The van der Waals surface area contributed by atoms with E-state index in [0.29, 0.717) is 12.1 Å². The first-order chi connectivity index (χ1) is 11.1. The summed E-state index contributed by atoms with van der Waals surface area (Å²) in [7, 11) is 3.20. The molecule has 0 spiro atoms. The first-order valence-corrected chi connectivity index (χ1v) is 8.14. The molecule has 0 amide bonds. The predicted octanol–water partition coefficient (Wildman–Crippen LogP) is 1.64. The molecule has 0 fully saturated rings. The van der Waals surface area contributed by atoms with Crippen molar-refractivity contribution in [2.75, 3.05) is 0 Å². The van der Waals surface area contributed by atoms with Crippen molar-refractivity contribution in [3.8, 4) is 0 Å². The van der Waals surface area contributed by atoms with Crippen LogP contribution in [0.25, 0.3) is 0 Å². The quantitative estimate of drug-likeness (QED) is 0.877. The largest absolute Gasteiger partial charge is 0.330 e. The van der Waals surface area contributed by atoms with Gasteiger partial charge in [-0.3, -0.25) is 9.36 Å². The maximum absolute atomic E-state index is 12.2. The fourth-order valence-electron chi connectivity index (χ4n) is 3.37. The van der Waals surface area contributed by atoms with Crippen molar-refractivity contribution in [3.05, 3.63) is 68.0 Å². The van der Waals surface area contributed by atoms with Gasteiger partial charge < -0.3 is 9.88 Å². The smallest absolute Gasteiger partial charge is 0.306 e. The van der Waals surface area contributed by atoms with Crippen LogP contribution >= 0.6 is 0 Å². The van der Waals surface area contributed by atoms with Crippen molar-refractivity contribution < 1.29 is 0 Å². The summed E-state index contributed by atoms with van der Waals surface area (Å²) in [5, 5.41) is 3.52. The number of aryl methyl sites for hydroxylation is 2. The topological polar surface area (TPSA) is 56.0 Å². The van der Waals surface area contributed by atoms with E-state index < -0.39 is 0 Å². The second kappa shape index (κ2) is 6.54. The molecule has 3 rings (SSSR count). The third kappa shape index (κ3) is 3.15. The van der Waals surface area contributed by atoms with Gasteiger partial charge in [-0.1, -0.05) is 30.7 Å². The van der Waals surface area contributed by atoms with E-state index in [4.69, 9.17) is 0 Å². The van der Waals surface area contributed by atoms with Crippen LogP contribution in [0.15, 0.2) is 40.1 Å². The highest BCUT2D eigenvalue weighted by molar-refractivity contribution is 5.31. The summed E-state index contributed by atoms with van der Waals surface area (Å²) in [4.78, 5) is 24.0. The third-order valence-electron chi connectivity index (χ3n) is 4.68. The van der Waals surface area contributed by atoms with Crippen LogP contribution in [0.5, 0.6) is 0 Å². The monoisotopic (exact) mass is 313 g/mol. The number of hydrogen-bond acceptors (Lipinski definition) is 3. The van der Waals surface area contributed by atoms with Crippen LogP contribution < -0.4 is 16.6 Å². The molecule has 0 radical (unpaired) electrons. The van der Waals surface area contributed by atoms with E-state index in [9.17, 15) is 9.59 Å². The van der Waals surface area contributed by atoms with Gasteiger partial charge >= 0.3 is 5.69 Å². The Kier molecular flexibility index (Phi) is 4.48. The Morgan fingerprint density at radius 1 is 1.17 bits per heavy atom. The van der Waals surface area contributed by atoms with Gasteiger partial charge in [0.15, 0.2) is 0 Å². The molecule has 1 aliphatic carbocycles. The molecule has 1 aliphatic rings. The summed E-state index contributed by atoms with van der Waals surface area (Å²) in [6, 6.07) is 8.79. The number of benzene rings is 1. The van der Waals surface area contributed by atoms with Gasteiger partial charge in [0, 0.05) is 38.4 Å². The summed E-state index contributed by atoms with van der Waals surface area (Å²) >= 11 is 0. The molecule has 0 saturated heterocycles. The van der Waals surface area contributed by atoms with Crippen LogP contribution in [-0.2, 0) is 27.1 Å². The molecule has 2 aromatic rings. The Labute approximate surface area is 135 Å². The van der Waals surface area contributed by atoms with Gasteiger partial charge in [0.05, 0.1) is 0 Å². The molecule has 0 aliphatic heterocycles. The van der Waals surface area contributed by atoms with E-state index in [1.54, 1.807) is 13.2 Å². The van der Waals surface area contributed by atoms with Crippen molar-refractivity contribution in [2.45, 2.75) is 38.3 Å². The lowest BCUT2D eigenvalue weighted by atomic mass is 9.99. The lowest BCUT2D eigenvalue weighted by Gasteiger charge is -2.19. The van der Waals surface area contributed by atoms with Gasteiger partial charge in [0.25, 0.3) is 5.56 Å². The molecule has 122 valence electrons. The molecule has 1 heterocycles. The fourth-order valence-corrected chi connectivity index (χ4v) is 3.37. The molecular weight excluding hydrogens is 290 g/mol. The summed E-state index contributed by atoms with van der Waals surface area (Å²) in [6.07, 6.45) is 6.22. The lowest BCUT2D eigenvalue weighted by molar-refractivity contribution is 0.483. The van der Waals surface area contributed by atoms with Crippen LogP contribution in [0, 0.1) is 0 Å². The van der Waals surface area contributed by atoms with Crippen molar-refractivity contribution in [3.63, 3.8) is 0 Å². The van der Waals surface area contributed by atoms with Crippen molar-refractivity contribution in [2.24, 2.45) is 14.1 Å². The minimum atomic E-state index is -0.293. The lowest BCUT2D eigenvalue weighted by Crippen LogP contribution is -2.39. The van der Waals surface area contributed by atoms with Gasteiger partial charge in [0.1, 0.15) is 0 Å². The molecule has 1 unspecified atom stereocenters. The number of nitrogens with zero attached hydrogens (tertiary/aromatic N) is 2. The second-order valence-corrected chi connectivity index (χ2v) is 6.29. The zero-order valence-electron chi connectivity index (χ0n) is 13.7. The van der Waals surface area contributed by atoms with Crippen LogP contribution in [0.1, 0.15) is 42.0 Å². The first-order valence-electron chi connectivity index (χ1n) is 8.14. The van der Waals surface area contributed by atoms with E-state index in [-0.39, 0.29) is 17.3 Å². The fraction of sp³-hybridized carbons (Fsp3) is 0.444. The average molecular weight is 313 g/mol. The number of hydrogen-bond donors (Lipinski definition) is 1. The van der Waals surface area contributed by atoms with Crippen LogP contribution in [0.3, 0.4) is 0 Å². The number of aromatic nitrogens is 2.